The van der Waals surface area contributed by atoms with E-state index in [1.807, 2.05) is 29.2 Å². The lowest BCUT2D eigenvalue weighted by Gasteiger charge is -2.34. The highest BCUT2D eigenvalue weighted by Gasteiger charge is 2.23. The molecule has 0 radical (unpaired) electrons. The standard InChI is InChI=1S/C16H15F2NO/c17-12-5-6-14(18)11(9-12)10-19-8-7-16(20)13-3-1-2-4-15(13)19/h1-6,9,16,20H,7-8,10H2. The van der Waals surface area contributed by atoms with Crippen molar-refractivity contribution in [2.75, 3.05) is 11.4 Å². The molecule has 1 aliphatic heterocycles. The van der Waals surface area contributed by atoms with Gasteiger partial charge in [-0.15, -0.1) is 0 Å². The maximum absolute atomic E-state index is 13.7. The Kier molecular flexibility index (Phi) is 3.40. The number of fused-ring (bicyclic) bond motifs is 1. The number of benzene rings is 2. The molecule has 1 heterocycles. The number of nitrogens with zero attached hydrogens (tertiary/aromatic N) is 1. The molecule has 1 aliphatic rings. The number of anilines is 1. The summed E-state index contributed by atoms with van der Waals surface area (Å²) < 4.78 is 27.0. The van der Waals surface area contributed by atoms with Crippen LogP contribution >= 0.6 is 0 Å². The summed E-state index contributed by atoms with van der Waals surface area (Å²) in [5.41, 5.74) is 2.06. The molecule has 0 fully saturated rings. The zero-order chi connectivity index (χ0) is 14.1. The van der Waals surface area contributed by atoms with Crippen molar-refractivity contribution < 1.29 is 13.9 Å². The third-order valence-corrected chi connectivity index (χ3v) is 3.68. The first-order valence-corrected chi connectivity index (χ1v) is 6.61. The number of para-hydroxylation sites is 1. The van der Waals surface area contributed by atoms with Crippen LogP contribution in [0.5, 0.6) is 0 Å². The van der Waals surface area contributed by atoms with Crippen molar-refractivity contribution in [3.63, 3.8) is 0 Å². The van der Waals surface area contributed by atoms with Gasteiger partial charge in [0.2, 0.25) is 0 Å². The van der Waals surface area contributed by atoms with Gasteiger partial charge >= 0.3 is 0 Å². The maximum Gasteiger partial charge on any atom is 0.128 e. The lowest BCUT2D eigenvalue weighted by molar-refractivity contribution is 0.164. The zero-order valence-electron chi connectivity index (χ0n) is 10.9. The average molecular weight is 275 g/mol. The molecule has 2 aromatic carbocycles. The fourth-order valence-corrected chi connectivity index (χ4v) is 2.65. The summed E-state index contributed by atoms with van der Waals surface area (Å²) >= 11 is 0. The molecule has 0 bridgehead atoms. The molecule has 0 saturated carbocycles. The van der Waals surface area contributed by atoms with Crippen LogP contribution in [0.1, 0.15) is 23.7 Å². The van der Waals surface area contributed by atoms with E-state index in [0.717, 1.165) is 23.4 Å². The summed E-state index contributed by atoms with van der Waals surface area (Å²) in [4.78, 5) is 1.97. The maximum atomic E-state index is 13.7. The van der Waals surface area contributed by atoms with E-state index in [1.54, 1.807) is 0 Å². The molecule has 4 heteroatoms. The monoisotopic (exact) mass is 275 g/mol. The normalized spacial score (nSPS) is 17.9. The van der Waals surface area contributed by atoms with Crippen LogP contribution in [0.3, 0.4) is 0 Å². The SMILES string of the molecule is OC1CCN(Cc2cc(F)ccc2F)c2ccccc21. The minimum atomic E-state index is -0.486. The second-order valence-electron chi connectivity index (χ2n) is 5.02. The Bertz CT molecular complexity index is 630. The van der Waals surface area contributed by atoms with Crippen LogP contribution in [-0.2, 0) is 6.54 Å². The summed E-state index contributed by atoms with van der Waals surface area (Å²) in [5.74, 6) is -0.846. The highest BCUT2D eigenvalue weighted by atomic mass is 19.1. The van der Waals surface area contributed by atoms with Crippen molar-refractivity contribution in [1.82, 2.24) is 0 Å². The number of aliphatic hydroxyl groups is 1. The lowest BCUT2D eigenvalue weighted by Crippen LogP contribution is -2.31. The van der Waals surface area contributed by atoms with Gasteiger partial charge in [-0.2, -0.15) is 0 Å². The molecule has 0 aliphatic carbocycles. The first kappa shape index (κ1) is 13.1. The van der Waals surface area contributed by atoms with Crippen LogP contribution in [0.25, 0.3) is 0 Å². The summed E-state index contributed by atoms with van der Waals surface area (Å²) in [6.45, 7) is 0.918. The van der Waals surface area contributed by atoms with E-state index in [9.17, 15) is 13.9 Å². The van der Waals surface area contributed by atoms with E-state index < -0.39 is 17.7 Å². The smallest absolute Gasteiger partial charge is 0.128 e. The summed E-state index contributed by atoms with van der Waals surface area (Å²) in [7, 11) is 0. The Hall–Kier alpha value is -1.94. The van der Waals surface area contributed by atoms with Crippen LogP contribution < -0.4 is 4.90 Å². The van der Waals surface area contributed by atoms with E-state index in [1.165, 1.54) is 6.07 Å². The Balaban J connectivity index is 1.92. The Labute approximate surface area is 116 Å². The predicted octanol–water partition coefficient (Wildman–Crippen LogP) is 3.41. The molecule has 2 aromatic rings. The summed E-state index contributed by atoms with van der Waals surface area (Å²) in [5, 5.41) is 9.98. The number of halogens is 2. The fraction of sp³-hybridized carbons (Fsp3) is 0.250. The molecular weight excluding hydrogens is 260 g/mol. The van der Waals surface area contributed by atoms with Gasteiger partial charge in [0.1, 0.15) is 11.6 Å². The third kappa shape index (κ3) is 2.39. The molecule has 0 amide bonds. The van der Waals surface area contributed by atoms with Crippen LogP contribution in [0.2, 0.25) is 0 Å². The van der Waals surface area contributed by atoms with Gasteiger partial charge in [0.15, 0.2) is 0 Å². The Morgan fingerprint density at radius 2 is 1.95 bits per heavy atom. The van der Waals surface area contributed by atoms with Gasteiger partial charge in [-0.05, 0) is 30.7 Å². The molecule has 0 saturated heterocycles. The van der Waals surface area contributed by atoms with Crippen molar-refractivity contribution in [2.24, 2.45) is 0 Å². The van der Waals surface area contributed by atoms with E-state index >= 15 is 0 Å². The summed E-state index contributed by atoms with van der Waals surface area (Å²) in [6, 6.07) is 11.0. The Morgan fingerprint density at radius 3 is 2.80 bits per heavy atom. The second-order valence-corrected chi connectivity index (χ2v) is 5.02. The largest absolute Gasteiger partial charge is 0.388 e. The number of rotatable bonds is 2. The van der Waals surface area contributed by atoms with Crippen LogP contribution in [0, 0.1) is 11.6 Å². The fourth-order valence-electron chi connectivity index (χ4n) is 2.65. The molecule has 1 unspecified atom stereocenters. The minimum absolute atomic E-state index is 0.299. The number of hydrogen-bond donors (Lipinski definition) is 1. The molecule has 3 rings (SSSR count). The third-order valence-electron chi connectivity index (χ3n) is 3.68. The van der Waals surface area contributed by atoms with E-state index in [4.69, 9.17) is 0 Å². The van der Waals surface area contributed by atoms with Crippen LogP contribution in [-0.4, -0.2) is 11.7 Å². The molecule has 0 aromatic heterocycles. The molecule has 2 nitrogen and oxygen atoms in total. The molecule has 1 atom stereocenters. The van der Waals surface area contributed by atoms with E-state index in [0.29, 0.717) is 25.1 Å². The van der Waals surface area contributed by atoms with Crippen molar-refractivity contribution >= 4 is 5.69 Å². The van der Waals surface area contributed by atoms with Crippen molar-refractivity contribution in [1.29, 1.82) is 0 Å². The highest BCUT2D eigenvalue weighted by Crippen LogP contribution is 2.34. The van der Waals surface area contributed by atoms with Gasteiger partial charge in [-0.1, -0.05) is 18.2 Å². The van der Waals surface area contributed by atoms with E-state index in [2.05, 4.69) is 0 Å². The molecular formula is C16H15F2NO. The highest BCUT2D eigenvalue weighted by molar-refractivity contribution is 5.56. The second kappa shape index (κ2) is 5.21. The molecule has 104 valence electrons. The number of hydrogen-bond acceptors (Lipinski definition) is 2. The zero-order valence-corrected chi connectivity index (χ0v) is 10.9. The van der Waals surface area contributed by atoms with Gasteiger partial charge in [-0.3, -0.25) is 0 Å². The van der Waals surface area contributed by atoms with Gasteiger partial charge in [0, 0.05) is 29.9 Å². The topological polar surface area (TPSA) is 23.5 Å². The number of aliphatic hydroxyl groups excluding tert-OH is 1. The Morgan fingerprint density at radius 1 is 1.15 bits per heavy atom. The quantitative estimate of drug-likeness (QED) is 0.908. The average Bonchev–Trinajstić information content (AvgIpc) is 2.46. The first-order chi connectivity index (χ1) is 9.65. The molecule has 1 N–H and O–H groups in total. The van der Waals surface area contributed by atoms with Crippen molar-refractivity contribution in [2.45, 2.75) is 19.1 Å². The van der Waals surface area contributed by atoms with Gasteiger partial charge < -0.3 is 10.0 Å². The van der Waals surface area contributed by atoms with Crippen LogP contribution in [0.4, 0.5) is 14.5 Å². The predicted molar refractivity (Wildman–Crippen MR) is 73.4 cm³/mol. The van der Waals surface area contributed by atoms with Crippen LogP contribution in [0.15, 0.2) is 42.5 Å². The first-order valence-electron chi connectivity index (χ1n) is 6.61. The minimum Gasteiger partial charge on any atom is -0.388 e. The summed E-state index contributed by atoms with van der Waals surface area (Å²) in [6.07, 6.45) is 0.105. The van der Waals surface area contributed by atoms with Crippen molar-refractivity contribution in [3.05, 3.63) is 65.2 Å². The van der Waals surface area contributed by atoms with Gasteiger partial charge in [-0.25, -0.2) is 8.78 Å². The lowest BCUT2D eigenvalue weighted by atomic mass is 9.98. The molecule has 0 spiro atoms. The van der Waals surface area contributed by atoms with Gasteiger partial charge in [0.25, 0.3) is 0 Å². The van der Waals surface area contributed by atoms with Crippen molar-refractivity contribution in [3.8, 4) is 0 Å². The molecule has 20 heavy (non-hydrogen) atoms. The van der Waals surface area contributed by atoms with E-state index in [-0.39, 0.29) is 0 Å². The van der Waals surface area contributed by atoms with Gasteiger partial charge in [0.05, 0.1) is 6.10 Å².